The van der Waals surface area contributed by atoms with Crippen molar-refractivity contribution in [3.8, 4) is 11.1 Å². The highest BCUT2D eigenvalue weighted by Gasteiger charge is 2.37. The highest BCUT2D eigenvalue weighted by molar-refractivity contribution is 5.91. The molecule has 0 bridgehead atoms. The van der Waals surface area contributed by atoms with E-state index < -0.39 is 11.9 Å². The van der Waals surface area contributed by atoms with Crippen molar-refractivity contribution >= 4 is 11.8 Å². The normalized spacial score (nSPS) is 13.5. The van der Waals surface area contributed by atoms with Gasteiger partial charge in [-0.2, -0.15) is 0 Å². The maximum absolute atomic E-state index is 12.6. The van der Waals surface area contributed by atoms with Crippen molar-refractivity contribution in [3.05, 3.63) is 95.6 Å². The first kappa shape index (κ1) is 17.0. The molecule has 0 fully saturated rings. The molecule has 2 amide bonds. The summed E-state index contributed by atoms with van der Waals surface area (Å²) < 4.78 is 0. The molecule has 1 atom stereocenters. The smallest absolute Gasteiger partial charge is 0.240 e. The number of carbonyl (C=O) groups excluding carboxylic acids is 2. The van der Waals surface area contributed by atoms with E-state index in [4.69, 9.17) is 5.73 Å². The fourth-order valence-corrected chi connectivity index (χ4v) is 3.88. The number of primary amides is 1. The van der Waals surface area contributed by atoms with Gasteiger partial charge < -0.3 is 11.1 Å². The fourth-order valence-electron chi connectivity index (χ4n) is 3.88. The van der Waals surface area contributed by atoms with Gasteiger partial charge in [-0.05, 0) is 27.8 Å². The summed E-state index contributed by atoms with van der Waals surface area (Å²) in [5.41, 5.74) is 10.8. The van der Waals surface area contributed by atoms with Gasteiger partial charge in [0.15, 0.2) is 0 Å². The van der Waals surface area contributed by atoms with Crippen LogP contribution in [0.25, 0.3) is 11.1 Å². The number of hydrogen-bond acceptors (Lipinski definition) is 2. The van der Waals surface area contributed by atoms with Gasteiger partial charge in [-0.25, -0.2) is 0 Å². The van der Waals surface area contributed by atoms with Crippen LogP contribution in [-0.2, 0) is 16.0 Å². The molecular weight excluding hydrogens is 336 g/mol. The van der Waals surface area contributed by atoms with Crippen LogP contribution < -0.4 is 11.1 Å². The predicted molar refractivity (Wildman–Crippen MR) is 105 cm³/mol. The van der Waals surface area contributed by atoms with Crippen molar-refractivity contribution in [1.82, 2.24) is 5.32 Å². The molecule has 0 aliphatic heterocycles. The molecule has 0 heterocycles. The maximum Gasteiger partial charge on any atom is 0.240 e. The lowest BCUT2D eigenvalue weighted by molar-refractivity contribution is -0.127. The molecule has 0 saturated carbocycles. The third-order valence-electron chi connectivity index (χ3n) is 5.05. The Bertz CT molecular complexity index is 953. The lowest BCUT2D eigenvalue weighted by Crippen LogP contribution is -2.48. The molecule has 0 spiro atoms. The van der Waals surface area contributed by atoms with Crippen molar-refractivity contribution < 1.29 is 9.59 Å². The Balaban J connectivity index is 1.66. The van der Waals surface area contributed by atoms with Crippen LogP contribution in [0.15, 0.2) is 78.9 Å². The Hall–Kier alpha value is -3.40. The molecule has 4 heteroatoms. The van der Waals surface area contributed by atoms with E-state index in [0.717, 1.165) is 27.8 Å². The number of nitrogens with two attached hydrogens (primary N) is 1. The van der Waals surface area contributed by atoms with Crippen LogP contribution in [0.5, 0.6) is 0 Å². The summed E-state index contributed by atoms with van der Waals surface area (Å²) in [6.45, 7) is 0. The number of nitrogens with one attached hydrogen (secondary N) is 1. The second-order valence-corrected chi connectivity index (χ2v) is 6.76. The van der Waals surface area contributed by atoms with Crippen molar-refractivity contribution in [2.75, 3.05) is 0 Å². The van der Waals surface area contributed by atoms with Crippen molar-refractivity contribution in [2.24, 2.45) is 5.73 Å². The van der Waals surface area contributed by atoms with Gasteiger partial charge in [-0.15, -0.1) is 0 Å². The van der Waals surface area contributed by atoms with Crippen molar-refractivity contribution in [2.45, 2.75) is 18.4 Å². The van der Waals surface area contributed by atoms with Crippen LogP contribution in [0.3, 0.4) is 0 Å². The molecule has 3 N–H and O–H groups in total. The van der Waals surface area contributed by atoms with Crippen LogP contribution >= 0.6 is 0 Å². The Morgan fingerprint density at radius 1 is 0.815 bits per heavy atom. The van der Waals surface area contributed by atoms with Gasteiger partial charge in [0, 0.05) is 5.92 Å². The third-order valence-corrected chi connectivity index (χ3v) is 5.05. The van der Waals surface area contributed by atoms with Gasteiger partial charge in [0.25, 0.3) is 0 Å². The summed E-state index contributed by atoms with van der Waals surface area (Å²) in [6.07, 6.45) is 0.209. The van der Waals surface area contributed by atoms with E-state index in [9.17, 15) is 9.59 Å². The second-order valence-electron chi connectivity index (χ2n) is 6.76. The Labute approximate surface area is 158 Å². The third kappa shape index (κ3) is 3.22. The van der Waals surface area contributed by atoms with Crippen LogP contribution in [0, 0.1) is 0 Å². The monoisotopic (exact) mass is 356 g/mol. The van der Waals surface area contributed by atoms with Gasteiger partial charge in [0.05, 0.1) is 6.42 Å². The first-order valence-corrected chi connectivity index (χ1v) is 8.96. The van der Waals surface area contributed by atoms with Crippen LogP contribution in [-0.4, -0.2) is 17.9 Å². The zero-order valence-corrected chi connectivity index (χ0v) is 14.8. The number of carbonyl (C=O) groups is 2. The predicted octanol–water partition coefficient (Wildman–Crippen LogP) is 3.01. The summed E-state index contributed by atoms with van der Waals surface area (Å²) in [6, 6.07) is 24.6. The summed E-state index contributed by atoms with van der Waals surface area (Å²) in [7, 11) is 0. The molecule has 134 valence electrons. The van der Waals surface area contributed by atoms with E-state index in [1.165, 1.54) is 0 Å². The summed E-state index contributed by atoms with van der Waals surface area (Å²) >= 11 is 0. The topological polar surface area (TPSA) is 72.2 Å². The number of amides is 2. The van der Waals surface area contributed by atoms with E-state index in [1.807, 2.05) is 78.9 Å². The molecular formula is C23H20N2O2. The highest BCUT2D eigenvalue weighted by atomic mass is 16.2. The molecule has 0 radical (unpaired) electrons. The molecule has 4 rings (SSSR count). The fraction of sp³-hybridized carbons (Fsp3) is 0.130. The summed E-state index contributed by atoms with van der Waals surface area (Å²) in [5, 5.41) is 2.88. The van der Waals surface area contributed by atoms with Gasteiger partial charge in [-0.1, -0.05) is 78.9 Å². The Morgan fingerprint density at radius 2 is 1.33 bits per heavy atom. The van der Waals surface area contributed by atoms with E-state index in [1.54, 1.807) is 0 Å². The largest absolute Gasteiger partial charge is 0.368 e. The van der Waals surface area contributed by atoms with E-state index in [-0.39, 0.29) is 18.2 Å². The molecule has 1 aliphatic carbocycles. The van der Waals surface area contributed by atoms with Gasteiger partial charge in [0.2, 0.25) is 11.8 Å². The average Bonchev–Trinajstić information content (AvgIpc) is 3.01. The lowest BCUT2D eigenvalue weighted by Gasteiger charge is -2.24. The first-order chi connectivity index (χ1) is 13.1. The summed E-state index contributed by atoms with van der Waals surface area (Å²) in [4.78, 5) is 24.9. The quantitative estimate of drug-likeness (QED) is 0.738. The minimum Gasteiger partial charge on any atom is -0.368 e. The van der Waals surface area contributed by atoms with Gasteiger partial charge in [0.1, 0.15) is 6.04 Å². The molecule has 0 saturated heterocycles. The molecule has 3 aromatic carbocycles. The van der Waals surface area contributed by atoms with Crippen LogP contribution in [0.1, 0.15) is 22.6 Å². The lowest BCUT2D eigenvalue weighted by atomic mass is 9.88. The molecule has 0 unspecified atom stereocenters. The summed E-state index contributed by atoms with van der Waals surface area (Å²) in [5.74, 6) is -1.03. The SMILES string of the molecule is NC(=O)[C@H](NC(=O)Cc1ccccc1)C1c2ccccc2-c2ccccc21. The minimum absolute atomic E-state index is 0.209. The zero-order valence-electron chi connectivity index (χ0n) is 14.8. The number of fused-ring (bicyclic) bond motifs is 3. The number of benzene rings is 3. The average molecular weight is 356 g/mol. The number of rotatable bonds is 5. The molecule has 3 aromatic rings. The van der Waals surface area contributed by atoms with E-state index in [0.29, 0.717) is 0 Å². The molecule has 4 nitrogen and oxygen atoms in total. The van der Waals surface area contributed by atoms with Crippen molar-refractivity contribution in [3.63, 3.8) is 0 Å². The highest BCUT2D eigenvalue weighted by Crippen LogP contribution is 2.46. The van der Waals surface area contributed by atoms with Crippen LogP contribution in [0.4, 0.5) is 0 Å². The second kappa shape index (κ2) is 7.08. The molecule has 0 aromatic heterocycles. The molecule has 1 aliphatic rings. The zero-order chi connectivity index (χ0) is 18.8. The van der Waals surface area contributed by atoms with E-state index in [2.05, 4.69) is 5.32 Å². The maximum atomic E-state index is 12.6. The minimum atomic E-state index is -0.800. The first-order valence-electron chi connectivity index (χ1n) is 8.96. The number of hydrogen-bond donors (Lipinski definition) is 2. The van der Waals surface area contributed by atoms with Crippen molar-refractivity contribution in [1.29, 1.82) is 0 Å². The Kier molecular flexibility index (Phi) is 4.47. The standard InChI is InChI=1S/C23H20N2O2/c24-23(27)22(25-20(26)14-15-8-2-1-3-9-15)21-18-12-6-4-10-16(18)17-11-5-7-13-19(17)21/h1-13,21-22H,14H2,(H2,24,27)(H,25,26)/t22-/m1/s1. The van der Waals surface area contributed by atoms with Crippen LogP contribution in [0.2, 0.25) is 0 Å². The molecule has 27 heavy (non-hydrogen) atoms. The Morgan fingerprint density at radius 3 is 1.89 bits per heavy atom. The van der Waals surface area contributed by atoms with Gasteiger partial charge >= 0.3 is 0 Å². The van der Waals surface area contributed by atoms with Gasteiger partial charge in [-0.3, -0.25) is 9.59 Å². The van der Waals surface area contributed by atoms with E-state index >= 15 is 0 Å².